The number of carbonyl (C=O) groups excluding carboxylic acids is 1. The van der Waals surface area contributed by atoms with Crippen molar-refractivity contribution in [3.05, 3.63) is 47.3 Å². The average Bonchev–Trinajstić information content (AvgIpc) is 2.90. The first-order valence-electron chi connectivity index (χ1n) is 8.68. The maximum atomic E-state index is 14.0. The van der Waals surface area contributed by atoms with Crippen LogP contribution < -0.4 is 10.1 Å². The Morgan fingerprint density at radius 1 is 1.32 bits per heavy atom. The van der Waals surface area contributed by atoms with E-state index in [4.69, 9.17) is 4.74 Å². The third-order valence-corrected chi connectivity index (χ3v) is 4.71. The molecule has 6 nitrogen and oxygen atoms in total. The van der Waals surface area contributed by atoms with Gasteiger partial charge in [0.2, 0.25) is 0 Å². The fraction of sp³-hybridized carbons (Fsp3) is 0.444. The molecule has 0 saturated carbocycles. The standard InChI is InChI=1S/C18H21FN4O2/c19-15-4-3-5-16-14(15)12-23(8-9-25-16)18(24)20-10-13-11-22-7-2-1-6-17(22)21-13/h3-5,11H,1-2,6-10,12H2,(H,20,24). The van der Waals surface area contributed by atoms with Crippen molar-refractivity contribution in [2.75, 3.05) is 13.2 Å². The number of hydrogen-bond donors (Lipinski definition) is 1. The third-order valence-electron chi connectivity index (χ3n) is 4.71. The minimum Gasteiger partial charge on any atom is -0.491 e. The predicted molar refractivity (Wildman–Crippen MR) is 89.7 cm³/mol. The minimum atomic E-state index is -0.348. The number of fused-ring (bicyclic) bond motifs is 2. The van der Waals surface area contributed by atoms with E-state index in [-0.39, 0.29) is 18.4 Å². The Kier molecular flexibility index (Phi) is 4.29. The monoisotopic (exact) mass is 344 g/mol. The van der Waals surface area contributed by atoms with Crippen LogP contribution in [0.15, 0.2) is 24.4 Å². The van der Waals surface area contributed by atoms with Gasteiger partial charge in [0.05, 0.1) is 25.3 Å². The number of nitrogens with one attached hydrogen (secondary N) is 1. The van der Waals surface area contributed by atoms with E-state index in [1.807, 2.05) is 6.20 Å². The summed E-state index contributed by atoms with van der Waals surface area (Å²) < 4.78 is 21.7. The SMILES string of the molecule is O=C(NCc1cn2c(n1)CCCC2)N1CCOc2cccc(F)c2C1. The second kappa shape index (κ2) is 6.74. The summed E-state index contributed by atoms with van der Waals surface area (Å²) in [7, 11) is 0. The number of urea groups is 1. The maximum absolute atomic E-state index is 14.0. The summed E-state index contributed by atoms with van der Waals surface area (Å²) >= 11 is 0. The second-order valence-corrected chi connectivity index (χ2v) is 6.44. The van der Waals surface area contributed by atoms with Crippen molar-refractivity contribution in [1.82, 2.24) is 19.8 Å². The van der Waals surface area contributed by atoms with E-state index in [0.717, 1.165) is 24.5 Å². The molecule has 0 atom stereocenters. The van der Waals surface area contributed by atoms with Crippen molar-refractivity contribution in [3.63, 3.8) is 0 Å². The van der Waals surface area contributed by atoms with Crippen molar-refractivity contribution >= 4 is 6.03 Å². The van der Waals surface area contributed by atoms with Crippen LogP contribution in [0.5, 0.6) is 5.75 Å². The van der Waals surface area contributed by atoms with E-state index in [1.165, 1.54) is 18.9 Å². The van der Waals surface area contributed by atoms with Crippen LogP contribution in [0.25, 0.3) is 0 Å². The first kappa shape index (κ1) is 15.9. The Balaban J connectivity index is 1.41. The number of aromatic nitrogens is 2. The molecule has 0 saturated heterocycles. The van der Waals surface area contributed by atoms with Crippen LogP contribution in [0.2, 0.25) is 0 Å². The summed E-state index contributed by atoms with van der Waals surface area (Å²) in [4.78, 5) is 18.6. The van der Waals surface area contributed by atoms with Gasteiger partial charge in [0.1, 0.15) is 24.0 Å². The van der Waals surface area contributed by atoms with Crippen molar-refractivity contribution in [2.45, 2.75) is 38.9 Å². The molecule has 132 valence electrons. The smallest absolute Gasteiger partial charge is 0.318 e. The molecule has 1 aromatic heterocycles. The van der Waals surface area contributed by atoms with Gasteiger partial charge in [0, 0.05) is 24.7 Å². The number of imidazole rings is 1. The van der Waals surface area contributed by atoms with Crippen LogP contribution in [0.1, 0.15) is 29.9 Å². The van der Waals surface area contributed by atoms with Crippen molar-refractivity contribution < 1.29 is 13.9 Å². The fourth-order valence-electron chi connectivity index (χ4n) is 3.37. The van der Waals surface area contributed by atoms with E-state index in [0.29, 0.717) is 31.0 Å². The van der Waals surface area contributed by atoms with Gasteiger partial charge in [-0.15, -0.1) is 0 Å². The number of hydrogen-bond acceptors (Lipinski definition) is 3. The van der Waals surface area contributed by atoms with Gasteiger partial charge in [-0.2, -0.15) is 0 Å². The van der Waals surface area contributed by atoms with E-state index < -0.39 is 0 Å². The molecule has 25 heavy (non-hydrogen) atoms. The lowest BCUT2D eigenvalue weighted by molar-refractivity contribution is 0.187. The van der Waals surface area contributed by atoms with Gasteiger partial charge >= 0.3 is 6.03 Å². The van der Waals surface area contributed by atoms with Gasteiger partial charge in [-0.25, -0.2) is 14.2 Å². The van der Waals surface area contributed by atoms with Gasteiger partial charge in [0.15, 0.2) is 0 Å². The second-order valence-electron chi connectivity index (χ2n) is 6.44. The Hall–Kier alpha value is -2.57. The fourth-order valence-corrected chi connectivity index (χ4v) is 3.37. The maximum Gasteiger partial charge on any atom is 0.318 e. The molecule has 0 aliphatic carbocycles. The van der Waals surface area contributed by atoms with Crippen LogP contribution in [0.3, 0.4) is 0 Å². The molecule has 0 spiro atoms. The minimum absolute atomic E-state index is 0.202. The molecule has 1 aromatic carbocycles. The number of ether oxygens (including phenoxy) is 1. The predicted octanol–water partition coefficient (Wildman–Crippen LogP) is 2.46. The molecule has 0 radical (unpaired) electrons. The lowest BCUT2D eigenvalue weighted by atomic mass is 10.2. The molecular formula is C18H21FN4O2. The molecule has 7 heteroatoms. The molecule has 4 rings (SSSR count). The summed E-state index contributed by atoms with van der Waals surface area (Å²) in [5.74, 6) is 1.26. The van der Waals surface area contributed by atoms with Crippen LogP contribution in [-0.4, -0.2) is 33.6 Å². The van der Waals surface area contributed by atoms with Crippen LogP contribution in [-0.2, 0) is 26.1 Å². The summed E-state index contributed by atoms with van der Waals surface area (Å²) in [6.07, 6.45) is 5.35. The largest absolute Gasteiger partial charge is 0.491 e. The Morgan fingerprint density at radius 3 is 3.12 bits per heavy atom. The zero-order valence-corrected chi connectivity index (χ0v) is 14.0. The quantitative estimate of drug-likeness (QED) is 0.910. The van der Waals surface area contributed by atoms with Crippen molar-refractivity contribution in [3.8, 4) is 5.75 Å². The molecule has 2 aromatic rings. The normalized spacial score (nSPS) is 16.4. The number of aryl methyl sites for hydroxylation is 2. The van der Waals surface area contributed by atoms with E-state index in [1.54, 1.807) is 17.0 Å². The number of nitrogens with zero attached hydrogens (tertiary/aromatic N) is 3. The first-order chi connectivity index (χ1) is 12.2. The van der Waals surface area contributed by atoms with Gasteiger partial charge in [-0.3, -0.25) is 0 Å². The zero-order valence-electron chi connectivity index (χ0n) is 14.0. The highest BCUT2D eigenvalue weighted by Crippen LogP contribution is 2.25. The first-order valence-corrected chi connectivity index (χ1v) is 8.68. The molecular weight excluding hydrogens is 323 g/mol. The Bertz CT molecular complexity index is 766. The highest BCUT2D eigenvalue weighted by atomic mass is 19.1. The molecule has 0 bridgehead atoms. The third kappa shape index (κ3) is 3.31. The molecule has 2 amide bonds. The lowest BCUT2D eigenvalue weighted by Crippen LogP contribution is -2.40. The van der Waals surface area contributed by atoms with Gasteiger partial charge in [0.25, 0.3) is 0 Å². The number of halogens is 1. The number of benzene rings is 1. The Labute approximate surface area is 145 Å². The lowest BCUT2D eigenvalue weighted by Gasteiger charge is -2.20. The average molecular weight is 344 g/mol. The topological polar surface area (TPSA) is 59.4 Å². The van der Waals surface area contributed by atoms with Gasteiger partial charge < -0.3 is 19.5 Å². The summed E-state index contributed by atoms with van der Waals surface area (Å²) in [6, 6.07) is 4.50. The van der Waals surface area contributed by atoms with Gasteiger partial charge in [-0.05, 0) is 25.0 Å². The van der Waals surface area contributed by atoms with Crippen molar-refractivity contribution in [1.29, 1.82) is 0 Å². The highest BCUT2D eigenvalue weighted by molar-refractivity contribution is 5.74. The van der Waals surface area contributed by atoms with E-state index in [2.05, 4.69) is 14.9 Å². The zero-order chi connectivity index (χ0) is 17.2. The summed E-state index contributed by atoms with van der Waals surface area (Å²) in [5, 5.41) is 2.89. The van der Waals surface area contributed by atoms with Crippen LogP contribution in [0, 0.1) is 5.82 Å². The molecule has 2 aliphatic rings. The molecule has 0 fully saturated rings. The Morgan fingerprint density at radius 2 is 2.24 bits per heavy atom. The van der Waals surface area contributed by atoms with Gasteiger partial charge in [-0.1, -0.05) is 6.07 Å². The number of rotatable bonds is 2. The molecule has 3 heterocycles. The van der Waals surface area contributed by atoms with Crippen LogP contribution in [0.4, 0.5) is 9.18 Å². The summed E-state index contributed by atoms with van der Waals surface area (Å²) in [6.45, 7) is 2.34. The molecule has 1 N–H and O–H groups in total. The molecule has 0 unspecified atom stereocenters. The van der Waals surface area contributed by atoms with E-state index >= 15 is 0 Å². The van der Waals surface area contributed by atoms with Crippen LogP contribution >= 0.6 is 0 Å². The molecule has 2 aliphatic heterocycles. The summed E-state index contributed by atoms with van der Waals surface area (Å²) in [5.41, 5.74) is 1.29. The van der Waals surface area contributed by atoms with Crippen molar-refractivity contribution in [2.24, 2.45) is 0 Å². The number of amides is 2. The van der Waals surface area contributed by atoms with E-state index in [9.17, 15) is 9.18 Å². The number of carbonyl (C=O) groups is 1. The highest BCUT2D eigenvalue weighted by Gasteiger charge is 2.22.